The fourth-order valence-corrected chi connectivity index (χ4v) is 2.80. The summed E-state index contributed by atoms with van der Waals surface area (Å²) in [6.07, 6.45) is -3.62. The van der Waals surface area contributed by atoms with Gasteiger partial charge in [0, 0.05) is 23.6 Å². The van der Waals surface area contributed by atoms with E-state index in [0.29, 0.717) is 17.6 Å². The van der Waals surface area contributed by atoms with Crippen molar-refractivity contribution in [2.24, 2.45) is 0 Å². The molecule has 0 radical (unpaired) electrons. The van der Waals surface area contributed by atoms with E-state index in [4.69, 9.17) is 0 Å². The molecule has 116 valence electrons. The highest BCUT2D eigenvalue weighted by Crippen LogP contribution is 2.32. The van der Waals surface area contributed by atoms with E-state index >= 15 is 0 Å². The van der Waals surface area contributed by atoms with Crippen molar-refractivity contribution in [1.29, 1.82) is 0 Å². The molecule has 0 spiro atoms. The summed E-state index contributed by atoms with van der Waals surface area (Å²) >= 11 is 3.16. The Kier molecular flexibility index (Phi) is 4.63. The van der Waals surface area contributed by atoms with Gasteiger partial charge in [-0.15, -0.1) is 0 Å². The van der Waals surface area contributed by atoms with Crippen molar-refractivity contribution in [3.05, 3.63) is 33.8 Å². The van der Waals surface area contributed by atoms with Crippen molar-refractivity contribution in [3.63, 3.8) is 0 Å². The summed E-state index contributed by atoms with van der Waals surface area (Å²) in [6, 6.07) is 3.40. The van der Waals surface area contributed by atoms with Crippen LogP contribution < -0.4 is 0 Å². The van der Waals surface area contributed by atoms with Gasteiger partial charge in [0.15, 0.2) is 0 Å². The van der Waals surface area contributed by atoms with Crippen molar-refractivity contribution in [2.45, 2.75) is 18.6 Å². The zero-order chi connectivity index (χ0) is 15.8. The third-order valence-electron chi connectivity index (χ3n) is 3.70. The van der Waals surface area contributed by atoms with Crippen molar-refractivity contribution in [1.82, 2.24) is 9.80 Å². The van der Waals surface area contributed by atoms with Gasteiger partial charge in [0.25, 0.3) is 5.91 Å². The number of nitrogens with zero attached hydrogens (tertiary/aromatic N) is 2. The smallest absolute Gasteiger partial charge is 0.337 e. The number of alkyl halides is 3. The SMILES string of the molecule is CN(C)C1CCN(C(=O)c2cc(C(F)(F)F)ccc2Br)C1. The Balaban J connectivity index is 2.24. The number of hydrogen-bond donors (Lipinski definition) is 0. The Labute approximate surface area is 129 Å². The fraction of sp³-hybridized carbons (Fsp3) is 0.500. The molecule has 1 saturated heterocycles. The van der Waals surface area contributed by atoms with Crippen LogP contribution in [0.1, 0.15) is 22.3 Å². The van der Waals surface area contributed by atoms with Gasteiger partial charge >= 0.3 is 6.18 Å². The second-order valence-corrected chi connectivity index (χ2v) is 6.20. The molecule has 1 aliphatic heterocycles. The van der Waals surface area contributed by atoms with Gasteiger partial charge in [-0.05, 0) is 54.6 Å². The second kappa shape index (κ2) is 5.96. The number of amides is 1. The minimum atomic E-state index is -4.45. The first-order valence-electron chi connectivity index (χ1n) is 6.52. The van der Waals surface area contributed by atoms with Gasteiger partial charge in [-0.2, -0.15) is 13.2 Å². The maximum atomic E-state index is 12.8. The Morgan fingerprint density at radius 2 is 2.05 bits per heavy atom. The summed E-state index contributed by atoms with van der Waals surface area (Å²) < 4.78 is 38.7. The fourth-order valence-electron chi connectivity index (χ4n) is 2.38. The molecule has 2 rings (SSSR count). The van der Waals surface area contributed by atoms with Crippen LogP contribution in [0.4, 0.5) is 13.2 Å². The predicted molar refractivity (Wildman–Crippen MR) is 77.1 cm³/mol. The van der Waals surface area contributed by atoms with Crippen LogP contribution in [0.2, 0.25) is 0 Å². The first kappa shape index (κ1) is 16.3. The molecule has 1 aromatic rings. The first-order chi connectivity index (χ1) is 9.70. The van der Waals surface area contributed by atoms with Crippen LogP contribution in [-0.2, 0) is 6.18 Å². The highest BCUT2D eigenvalue weighted by Gasteiger charge is 2.33. The quantitative estimate of drug-likeness (QED) is 0.804. The number of halogens is 4. The van der Waals surface area contributed by atoms with Gasteiger partial charge in [-0.25, -0.2) is 0 Å². The molecular weight excluding hydrogens is 349 g/mol. The van der Waals surface area contributed by atoms with Crippen LogP contribution in [0.25, 0.3) is 0 Å². The monoisotopic (exact) mass is 364 g/mol. The van der Waals surface area contributed by atoms with Crippen molar-refractivity contribution < 1.29 is 18.0 Å². The lowest BCUT2D eigenvalue weighted by Crippen LogP contribution is -2.34. The highest BCUT2D eigenvalue weighted by atomic mass is 79.9. The summed E-state index contributed by atoms with van der Waals surface area (Å²) in [5.74, 6) is -0.364. The minimum absolute atomic E-state index is 0.0595. The number of rotatable bonds is 2. The molecule has 0 aromatic heterocycles. The molecule has 1 atom stereocenters. The summed E-state index contributed by atoms with van der Waals surface area (Å²) in [5.41, 5.74) is -0.748. The zero-order valence-corrected chi connectivity index (χ0v) is 13.3. The molecule has 0 aliphatic carbocycles. The highest BCUT2D eigenvalue weighted by molar-refractivity contribution is 9.10. The number of carbonyl (C=O) groups is 1. The van der Waals surface area contributed by atoms with E-state index in [9.17, 15) is 18.0 Å². The Bertz CT molecular complexity index is 546. The van der Waals surface area contributed by atoms with E-state index in [1.54, 1.807) is 4.90 Å². The van der Waals surface area contributed by atoms with Crippen molar-refractivity contribution in [3.8, 4) is 0 Å². The van der Waals surface area contributed by atoms with Gasteiger partial charge in [-0.3, -0.25) is 4.79 Å². The average Bonchev–Trinajstić information content (AvgIpc) is 2.86. The summed E-state index contributed by atoms with van der Waals surface area (Å²) in [7, 11) is 3.86. The number of hydrogen-bond acceptors (Lipinski definition) is 2. The Hall–Kier alpha value is -1.08. The van der Waals surface area contributed by atoms with Crippen molar-refractivity contribution >= 4 is 21.8 Å². The van der Waals surface area contributed by atoms with Crippen molar-refractivity contribution in [2.75, 3.05) is 27.2 Å². The van der Waals surface area contributed by atoms with E-state index in [1.165, 1.54) is 6.07 Å². The predicted octanol–water partition coefficient (Wildman–Crippen LogP) is 3.24. The Morgan fingerprint density at radius 3 is 2.57 bits per heavy atom. The van der Waals surface area contributed by atoms with Crippen LogP contribution in [0.5, 0.6) is 0 Å². The molecule has 1 aromatic carbocycles. The van der Waals surface area contributed by atoms with Crippen LogP contribution >= 0.6 is 15.9 Å². The van der Waals surface area contributed by atoms with Crippen LogP contribution in [-0.4, -0.2) is 48.9 Å². The number of likely N-dealkylation sites (N-methyl/N-ethyl adjacent to an activating group) is 1. The number of likely N-dealkylation sites (tertiary alicyclic amines) is 1. The van der Waals surface area contributed by atoms with Crippen LogP contribution in [0, 0.1) is 0 Å². The van der Waals surface area contributed by atoms with E-state index in [-0.39, 0.29) is 17.5 Å². The lowest BCUT2D eigenvalue weighted by atomic mass is 10.1. The first-order valence-corrected chi connectivity index (χ1v) is 7.32. The molecule has 1 heterocycles. The molecule has 0 saturated carbocycles. The third-order valence-corrected chi connectivity index (χ3v) is 4.40. The topological polar surface area (TPSA) is 23.6 Å². The van der Waals surface area contributed by atoms with Gasteiger partial charge in [-0.1, -0.05) is 0 Å². The Morgan fingerprint density at radius 1 is 1.38 bits per heavy atom. The molecular formula is C14H16BrF3N2O. The maximum absolute atomic E-state index is 12.8. The van der Waals surface area contributed by atoms with E-state index in [2.05, 4.69) is 15.9 Å². The van der Waals surface area contributed by atoms with E-state index in [0.717, 1.165) is 18.6 Å². The lowest BCUT2D eigenvalue weighted by Gasteiger charge is -2.21. The molecule has 0 N–H and O–H groups in total. The summed E-state index contributed by atoms with van der Waals surface area (Å²) in [6.45, 7) is 1.10. The van der Waals surface area contributed by atoms with Crippen LogP contribution in [0.3, 0.4) is 0 Å². The molecule has 1 fully saturated rings. The average molecular weight is 365 g/mol. The van der Waals surface area contributed by atoms with Gasteiger partial charge in [0.2, 0.25) is 0 Å². The lowest BCUT2D eigenvalue weighted by molar-refractivity contribution is -0.137. The van der Waals surface area contributed by atoms with Gasteiger partial charge in [0.05, 0.1) is 11.1 Å². The minimum Gasteiger partial charge on any atom is -0.337 e. The van der Waals surface area contributed by atoms with Gasteiger partial charge in [0.1, 0.15) is 0 Å². The summed E-state index contributed by atoms with van der Waals surface area (Å²) in [4.78, 5) is 16.0. The number of benzene rings is 1. The molecule has 7 heteroatoms. The zero-order valence-electron chi connectivity index (χ0n) is 11.7. The van der Waals surface area contributed by atoms with E-state index < -0.39 is 11.7 Å². The normalized spacial score (nSPS) is 19.4. The standard InChI is InChI=1S/C14H16BrF3N2O/c1-19(2)10-5-6-20(8-10)13(21)11-7-9(14(16,17)18)3-4-12(11)15/h3-4,7,10H,5-6,8H2,1-2H3. The van der Waals surface area contributed by atoms with E-state index in [1.807, 2.05) is 19.0 Å². The third kappa shape index (κ3) is 3.58. The molecule has 1 aliphatic rings. The van der Waals surface area contributed by atoms with Crippen LogP contribution in [0.15, 0.2) is 22.7 Å². The maximum Gasteiger partial charge on any atom is 0.416 e. The molecule has 0 bridgehead atoms. The summed E-state index contributed by atoms with van der Waals surface area (Å²) in [5, 5.41) is 0. The molecule has 1 amide bonds. The molecule has 21 heavy (non-hydrogen) atoms. The second-order valence-electron chi connectivity index (χ2n) is 5.35. The van der Waals surface area contributed by atoms with Gasteiger partial charge < -0.3 is 9.80 Å². The largest absolute Gasteiger partial charge is 0.416 e. The number of carbonyl (C=O) groups excluding carboxylic acids is 1. The molecule has 1 unspecified atom stereocenters. The molecule has 3 nitrogen and oxygen atoms in total.